The van der Waals surface area contributed by atoms with Crippen molar-refractivity contribution in [2.75, 3.05) is 0 Å². The maximum absolute atomic E-state index is 12.4. The highest BCUT2D eigenvalue weighted by Gasteiger charge is 2.46. The molecule has 1 heterocycles. The Balaban J connectivity index is 1.76. The largest absolute Gasteiger partial charge is 0.330 e. The van der Waals surface area contributed by atoms with Crippen LogP contribution in [0, 0.1) is 23.7 Å². The van der Waals surface area contributed by atoms with Gasteiger partial charge in [0.1, 0.15) is 0 Å². The van der Waals surface area contributed by atoms with Crippen LogP contribution in [-0.4, -0.2) is 9.55 Å². The molecule has 0 saturated heterocycles. The molecule has 2 fully saturated rings. The molecule has 0 amide bonds. The van der Waals surface area contributed by atoms with Crippen LogP contribution in [0.2, 0.25) is 0 Å². The lowest BCUT2D eigenvalue weighted by Crippen LogP contribution is -2.27. The highest BCUT2D eigenvalue weighted by atomic mass is 16.1. The van der Waals surface area contributed by atoms with Crippen LogP contribution < -0.4 is 5.69 Å². The molecule has 3 nitrogen and oxygen atoms in total. The van der Waals surface area contributed by atoms with E-state index in [0.29, 0.717) is 11.8 Å². The first kappa shape index (κ1) is 11.0. The Kier molecular flexibility index (Phi) is 2.00. The predicted octanol–water partition coefficient (Wildman–Crippen LogP) is 3.24. The van der Waals surface area contributed by atoms with Gasteiger partial charge >= 0.3 is 5.69 Å². The first-order chi connectivity index (χ1) is 9.79. The molecule has 3 aliphatic rings. The highest BCUT2D eigenvalue weighted by molar-refractivity contribution is 5.79. The minimum Gasteiger partial charge on any atom is -0.305 e. The van der Waals surface area contributed by atoms with Crippen LogP contribution in [0.15, 0.2) is 35.1 Å². The fraction of sp³-hybridized carbons (Fsp3) is 0.471. The zero-order valence-electron chi connectivity index (χ0n) is 11.4. The molecule has 0 aliphatic heterocycles. The fourth-order valence-electron chi connectivity index (χ4n) is 5.02. The van der Waals surface area contributed by atoms with Crippen LogP contribution in [0.3, 0.4) is 0 Å². The number of aromatic amines is 1. The van der Waals surface area contributed by atoms with Gasteiger partial charge in [-0.15, -0.1) is 0 Å². The average molecular weight is 266 g/mol. The van der Waals surface area contributed by atoms with Gasteiger partial charge in [0.05, 0.1) is 11.0 Å². The Morgan fingerprint density at radius 3 is 2.95 bits per heavy atom. The topological polar surface area (TPSA) is 37.8 Å². The summed E-state index contributed by atoms with van der Waals surface area (Å²) in [6.45, 7) is 0. The molecular weight excluding hydrogens is 248 g/mol. The summed E-state index contributed by atoms with van der Waals surface area (Å²) in [5.41, 5.74) is 3.30. The molecule has 0 radical (unpaired) electrons. The molecule has 0 spiro atoms. The number of rotatable bonds is 1. The number of H-pyrrole nitrogens is 1. The highest BCUT2D eigenvalue weighted by Crippen LogP contribution is 2.55. The number of hydrogen-bond acceptors (Lipinski definition) is 1. The van der Waals surface area contributed by atoms with Crippen molar-refractivity contribution >= 4 is 16.7 Å². The van der Waals surface area contributed by atoms with E-state index in [4.69, 9.17) is 0 Å². The van der Waals surface area contributed by atoms with E-state index in [1.54, 1.807) is 0 Å². The van der Waals surface area contributed by atoms with Crippen LogP contribution in [0.5, 0.6) is 0 Å². The SMILES string of the molecule is O=c1[nH]c2ccccc2n1C1=CC2CC3CC(C2)C1C3. The Hall–Kier alpha value is -1.77. The van der Waals surface area contributed by atoms with E-state index < -0.39 is 0 Å². The molecule has 2 saturated carbocycles. The zero-order chi connectivity index (χ0) is 13.3. The minimum absolute atomic E-state index is 0.0298. The van der Waals surface area contributed by atoms with Gasteiger partial charge in [0, 0.05) is 11.6 Å². The third-order valence-corrected chi connectivity index (χ3v) is 5.67. The molecule has 5 rings (SSSR count). The van der Waals surface area contributed by atoms with E-state index in [2.05, 4.69) is 17.1 Å². The van der Waals surface area contributed by atoms with E-state index >= 15 is 0 Å². The second-order valence-electron chi connectivity index (χ2n) is 6.81. The lowest BCUT2D eigenvalue weighted by Gasteiger charge is -2.33. The molecular formula is C17H18N2O. The van der Waals surface area contributed by atoms with Gasteiger partial charge in [-0.2, -0.15) is 0 Å². The summed E-state index contributed by atoms with van der Waals surface area (Å²) < 4.78 is 1.95. The van der Waals surface area contributed by atoms with Crippen LogP contribution in [-0.2, 0) is 0 Å². The van der Waals surface area contributed by atoms with E-state index in [9.17, 15) is 4.79 Å². The van der Waals surface area contributed by atoms with Gasteiger partial charge in [-0.3, -0.25) is 4.57 Å². The van der Waals surface area contributed by atoms with Crippen molar-refractivity contribution in [3.63, 3.8) is 0 Å². The summed E-state index contributed by atoms with van der Waals surface area (Å²) in [5.74, 6) is 3.03. The van der Waals surface area contributed by atoms with Crippen molar-refractivity contribution in [1.82, 2.24) is 9.55 Å². The number of fused-ring (bicyclic) bond motifs is 3. The normalized spacial score (nSPS) is 34.7. The molecule has 1 aromatic heterocycles. The maximum atomic E-state index is 12.4. The van der Waals surface area contributed by atoms with E-state index in [0.717, 1.165) is 22.9 Å². The van der Waals surface area contributed by atoms with Crippen molar-refractivity contribution in [3.8, 4) is 0 Å². The van der Waals surface area contributed by atoms with E-state index in [-0.39, 0.29) is 5.69 Å². The van der Waals surface area contributed by atoms with Gasteiger partial charge in [-0.05, 0) is 55.6 Å². The summed E-state index contributed by atoms with van der Waals surface area (Å²) >= 11 is 0. The molecule has 3 heteroatoms. The maximum Gasteiger partial charge on any atom is 0.330 e. The van der Waals surface area contributed by atoms with Crippen molar-refractivity contribution in [3.05, 3.63) is 40.8 Å². The summed E-state index contributed by atoms with van der Waals surface area (Å²) in [4.78, 5) is 15.4. The standard InChI is InChI=1S/C17H18N2O/c20-17-18-14-3-1-2-4-15(14)19(17)16-9-11-5-10-6-12(7-11)13(16)8-10/h1-4,9-13H,5-8H2,(H,18,20). The number of imidazole rings is 1. The summed E-state index contributed by atoms with van der Waals surface area (Å²) in [6.07, 6.45) is 7.77. The smallest absolute Gasteiger partial charge is 0.305 e. The molecule has 20 heavy (non-hydrogen) atoms. The van der Waals surface area contributed by atoms with Crippen molar-refractivity contribution < 1.29 is 0 Å². The molecule has 1 N–H and O–H groups in total. The molecule has 4 unspecified atom stereocenters. The number of allylic oxidation sites excluding steroid dienone is 2. The Bertz CT molecular complexity index is 780. The lowest BCUT2D eigenvalue weighted by atomic mass is 9.75. The van der Waals surface area contributed by atoms with Crippen LogP contribution >= 0.6 is 0 Å². The number of nitrogens with one attached hydrogen (secondary N) is 1. The van der Waals surface area contributed by atoms with Gasteiger partial charge < -0.3 is 4.98 Å². The molecule has 2 aromatic rings. The predicted molar refractivity (Wildman–Crippen MR) is 79.3 cm³/mol. The van der Waals surface area contributed by atoms with E-state index in [1.165, 1.54) is 31.4 Å². The van der Waals surface area contributed by atoms with Gasteiger partial charge in [0.2, 0.25) is 0 Å². The number of benzene rings is 1. The average Bonchev–Trinajstić information content (AvgIpc) is 2.88. The number of aromatic nitrogens is 2. The molecule has 3 aliphatic carbocycles. The van der Waals surface area contributed by atoms with Gasteiger partial charge in [-0.25, -0.2) is 4.79 Å². The van der Waals surface area contributed by atoms with E-state index in [1.807, 2.05) is 22.8 Å². The van der Waals surface area contributed by atoms with Gasteiger partial charge in [0.15, 0.2) is 0 Å². The first-order valence-corrected chi connectivity index (χ1v) is 7.71. The first-order valence-electron chi connectivity index (χ1n) is 7.71. The molecule has 1 aromatic carbocycles. The van der Waals surface area contributed by atoms with Crippen LogP contribution in [0.25, 0.3) is 16.7 Å². The number of nitrogens with zero attached hydrogens (tertiary/aromatic N) is 1. The number of hydrogen-bond donors (Lipinski definition) is 1. The van der Waals surface area contributed by atoms with Gasteiger partial charge in [-0.1, -0.05) is 18.2 Å². The molecule has 102 valence electrons. The van der Waals surface area contributed by atoms with Crippen molar-refractivity contribution in [1.29, 1.82) is 0 Å². The molecule has 4 atom stereocenters. The van der Waals surface area contributed by atoms with Crippen molar-refractivity contribution in [2.24, 2.45) is 23.7 Å². The summed E-state index contributed by atoms with van der Waals surface area (Å²) in [6, 6.07) is 8.04. The Morgan fingerprint density at radius 1 is 1.10 bits per heavy atom. The lowest BCUT2D eigenvalue weighted by molar-refractivity contribution is 0.279. The second kappa shape index (κ2) is 3.66. The third kappa shape index (κ3) is 1.33. The number of para-hydroxylation sites is 2. The minimum atomic E-state index is 0.0298. The van der Waals surface area contributed by atoms with Crippen LogP contribution in [0.1, 0.15) is 25.7 Å². The van der Waals surface area contributed by atoms with Crippen LogP contribution in [0.4, 0.5) is 0 Å². The fourth-order valence-corrected chi connectivity index (χ4v) is 5.02. The zero-order valence-corrected chi connectivity index (χ0v) is 11.4. The van der Waals surface area contributed by atoms with Crippen molar-refractivity contribution in [2.45, 2.75) is 25.7 Å². The van der Waals surface area contributed by atoms with Gasteiger partial charge in [0.25, 0.3) is 0 Å². The second-order valence-corrected chi connectivity index (χ2v) is 6.81. The third-order valence-electron chi connectivity index (χ3n) is 5.67. The Labute approximate surface area is 117 Å². The summed E-state index contributed by atoms with van der Waals surface area (Å²) in [7, 11) is 0. The quantitative estimate of drug-likeness (QED) is 0.845. The molecule has 3 bridgehead atoms. The Morgan fingerprint density at radius 2 is 2.00 bits per heavy atom. The monoisotopic (exact) mass is 266 g/mol. The summed E-state index contributed by atoms with van der Waals surface area (Å²) in [5, 5.41) is 0.